The van der Waals surface area contributed by atoms with Gasteiger partial charge in [0.05, 0.1) is 28.8 Å². The lowest BCUT2D eigenvalue weighted by Crippen LogP contribution is -2.21. The van der Waals surface area contributed by atoms with E-state index in [0.29, 0.717) is 21.7 Å². The molecule has 1 N–H and O–H groups in total. The van der Waals surface area contributed by atoms with Gasteiger partial charge in [0.15, 0.2) is 12.4 Å². The second kappa shape index (κ2) is 11.2. The van der Waals surface area contributed by atoms with Gasteiger partial charge in [-0.3, -0.25) is 4.79 Å². The van der Waals surface area contributed by atoms with Crippen molar-refractivity contribution in [3.63, 3.8) is 0 Å². The molecule has 1 amide bonds. The van der Waals surface area contributed by atoms with Crippen molar-refractivity contribution in [1.29, 1.82) is 0 Å². The maximum atomic E-state index is 12.6. The second-order valence-corrected chi connectivity index (χ2v) is 8.71. The molecule has 1 aromatic heterocycles. The Balaban J connectivity index is 2.29. The Morgan fingerprint density at radius 1 is 0.844 bits per heavy atom. The van der Waals surface area contributed by atoms with Crippen LogP contribution in [-0.4, -0.2) is 37.7 Å². The third-order valence-corrected chi connectivity index (χ3v) is 7.07. The number of amides is 1. The van der Waals surface area contributed by atoms with Crippen LogP contribution in [0.2, 0.25) is 15.1 Å². The molecular weight excluding hydrogens is 501 g/mol. The van der Waals surface area contributed by atoms with Crippen molar-refractivity contribution in [1.82, 2.24) is 0 Å². The summed E-state index contributed by atoms with van der Waals surface area (Å²) >= 11 is 19.7. The predicted molar refractivity (Wildman–Crippen MR) is 126 cm³/mol. The number of nitrogens with one attached hydrogen (secondary N) is 1. The fraction of sp³-hybridized carbons (Fsp3) is 0.381. The number of hydrogen-bond acceptors (Lipinski definition) is 7. The van der Waals surface area contributed by atoms with Gasteiger partial charge in [0, 0.05) is 5.02 Å². The van der Waals surface area contributed by atoms with Crippen molar-refractivity contribution in [3.8, 4) is 5.75 Å². The third kappa shape index (κ3) is 5.49. The van der Waals surface area contributed by atoms with Crippen molar-refractivity contribution in [2.24, 2.45) is 0 Å². The van der Waals surface area contributed by atoms with Gasteiger partial charge in [-0.05, 0) is 51.3 Å². The van der Waals surface area contributed by atoms with E-state index in [1.807, 2.05) is 0 Å². The number of carbonyl (C=O) groups excluding carboxylic acids is 3. The maximum absolute atomic E-state index is 12.6. The Morgan fingerprint density at radius 3 is 1.91 bits per heavy atom. The first-order valence-corrected chi connectivity index (χ1v) is 11.5. The summed E-state index contributed by atoms with van der Waals surface area (Å²) in [4.78, 5) is 37.5. The minimum absolute atomic E-state index is 0.0856. The Hall–Kier alpha value is -2.00. The van der Waals surface area contributed by atoms with Crippen LogP contribution in [0.5, 0.6) is 5.75 Å². The molecule has 174 valence electrons. The number of anilines is 1. The lowest BCUT2D eigenvalue weighted by Gasteiger charge is -2.15. The van der Waals surface area contributed by atoms with Crippen LogP contribution >= 0.6 is 46.1 Å². The Labute approximate surface area is 204 Å². The van der Waals surface area contributed by atoms with E-state index in [2.05, 4.69) is 5.32 Å². The molecule has 0 atom stereocenters. The van der Waals surface area contributed by atoms with Crippen molar-refractivity contribution < 1.29 is 28.6 Å². The Bertz CT molecular complexity index is 1040. The van der Waals surface area contributed by atoms with E-state index >= 15 is 0 Å². The van der Waals surface area contributed by atoms with Crippen LogP contribution in [0, 0.1) is 20.8 Å². The predicted octanol–water partition coefficient (Wildman–Crippen LogP) is 6.00. The Morgan fingerprint density at radius 2 is 1.38 bits per heavy atom. The summed E-state index contributed by atoms with van der Waals surface area (Å²) in [6.07, 6.45) is 0. The number of benzene rings is 1. The summed E-state index contributed by atoms with van der Waals surface area (Å²) in [5, 5.41) is 3.55. The SMILES string of the molecule is CCOC(=O)c1sc(NC(=O)COc2c(Cl)c(C)c(Cl)c(C)c2Cl)c(C(=O)OCC)c1C. The zero-order valence-corrected chi connectivity index (χ0v) is 21.2. The van der Waals surface area contributed by atoms with Crippen LogP contribution in [0.4, 0.5) is 5.00 Å². The van der Waals surface area contributed by atoms with Crippen LogP contribution in [0.1, 0.15) is 50.6 Å². The van der Waals surface area contributed by atoms with Crippen molar-refractivity contribution in [2.75, 3.05) is 25.1 Å². The first kappa shape index (κ1) is 26.3. The molecule has 2 rings (SSSR count). The van der Waals surface area contributed by atoms with Gasteiger partial charge in [-0.25, -0.2) is 9.59 Å². The van der Waals surface area contributed by atoms with E-state index in [4.69, 9.17) is 49.0 Å². The highest BCUT2D eigenvalue weighted by molar-refractivity contribution is 7.18. The molecule has 32 heavy (non-hydrogen) atoms. The molecule has 0 saturated heterocycles. The highest BCUT2D eigenvalue weighted by Gasteiger charge is 2.27. The number of halogens is 3. The minimum atomic E-state index is -0.664. The Kier molecular flexibility index (Phi) is 9.21. The topological polar surface area (TPSA) is 90.9 Å². The molecule has 0 fully saturated rings. The summed E-state index contributed by atoms with van der Waals surface area (Å²) in [5.74, 6) is -1.72. The molecule has 1 heterocycles. The van der Waals surface area contributed by atoms with Crippen molar-refractivity contribution in [2.45, 2.75) is 34.6 Å². The molecule has 1 aromatic carbocycles. The number of esters is 2. The van der Waals surface area contributed by atoms with Crippen LogP contribution in [0.15, 0.2) is 0 Å². The van der Waals surface area contributed by atoms with E-state index in [1.165, 1.54) is 0 Å². The molecule has 0 unspecified atom stereocenters. The first-order valence-electron chi connectivity index (χ1n) is 9.58. The summed E-state index contributed by atoms with van der Waals surface area (Å²) in [6, 6.07) is 0. The quantitative estimate of drug-likeness (QED) is 0.427. The highest BCUT2D eigenvalue weighted by atomic mass is 35.5. The third-order valence-electron chi connectivity index (χ3n) is 4.40. The number of thiophene rings is 1. The maximum Gasteiger partial charge on any atom is 0.348 e. The fourth-order valence-corrected chi connectivity index (χ4v) is 4.71. The highest BCUT2D eigenvalue weighted by Crippen LogP contribution is 2.42. The zero-order valence-electron chi connectivity index (χ0n) is 18.1. The van der Waals surface area contributed by atoms with E-state index in [9.17, 15) is 14.4 Å². The van der Waals surface area contributed by atoms with E-state index in [0.717, 1.165) is 11.3 Å². The van der Waals surface area contributed by atoms with Crippen LogP contribution < -0.4 is 10.1 Å². The fourth-order valence-electron chi connectivity index (χ4n) is 2.78. The summed E-state index contributed by atoms with van der Waals surface area (Å²) < 4.78 is 15.6. The molecular formula is C21H22Cl3NO6S. The van der Waals surface area contributed by atoms with Crippen LogP contribution in [0.25, 0.3) is 0 Å². The van der Waals surface area contributed by atoms with Crippen molar-refractivity contribution >= 4 is 69.0 Å². The molecule has 0 saturated carbocycles. The molecule has 0 radical (unpaired) electrons. The number of hydrogen-bond donors (Lipinski definition) is 1. The van der Waals surface area contributed by atoms with Crippen LogP contribution in [0.3, 0.4) is 0 Å². The van der Waals surface area contributed by atoms with E-state index < -0.39 is 24.5 Å². The van der Waals surface area contributed by atoms with Gasteiger partial charge >= 0.3 is 11.9 Å². The minimum Gasteiger partial charge on any atom is -0.481 e. The molecule has 11 heteroatoms. The lowest BCUT2D eigenvalue weighted by molar-refractivity contribution is -0.118. The molecule has 0 bridgehead atoms. The molecule has 7 nitrogen and oxygen atoms in total. The van der Waals surface area contributed by atoms with Crippen LogP contribution in [-0.2, 0) is 14.3 Å². The second-order valence-electron chi connectivity index (χ2n) is 6.56. The molecule has 0 aliphatic rings. The zero-order chi connectivity index (χ0) is 24.2. The normalized spacial score (nSPS) is 10.6. The summed E-state index contributed by atoms with van der Waals surface area (Å²) in [6.45, 7) is 8.17. The smallest absolute Gasteiger partial charge is 0.348 e. The first-order chi connectivity index (χ1) is 15.0. The molecule has 2 aromatic rings. The average molecular weight is 523 g/mol. The lowest BCUT2D eigenvalue weighted by atomic mass is 10.1. The van der Waals surface area contributed by atoms with E-state index in [-0.39, 0.29) is 44.5 Å². The largest absolute Gasteiger partial charge is 0.481 e. The summed E-state index contributed by atoms with van der Waals surface area (Å²) in [7, 11) is 0. The van der Waals surface area contributed by atoms with Gasteiger partial charge < -0.3 is 19.5 Å². The number of carbonyl (C=O) groups is 3. The monoisotopic (exact) mass is 521 g/mol. The van der Waals surface area contributed by atoms with Crippen molar-refractivity contribution in [3.05, 3.63) is 42.2 Å². The molecule has 0 aliphatic carbocycles. The van der Waals surface area contributed by atoms with Gasteiger partial charge in [0.25, 0.3) is 5.91 Å². The number of ether oxygens (including phenoxy) is 3. The van der Waals surface area contributed by atoms with Gasteiger partial charge in [0.2, 0.25) is 0 Å². The van der Waals surface area contributed by atoms with Gasteiger partial charge in [-0.1, -0.05) is 34.8 Å². The molecule has 0 aliphatic heterocycles. The molecule has 0 spiro atoms. The van der Waals surface area contributed by atoms with Gasteiger partial charge in [-0.15, -0.1) is 11.3 Å². The number of rotatable bonds is 8. The van der Waals surface area contributed by atoms with Gasteiger partial charge in [-0.2, -0.15) is 0 Å². The van der Waals surface area contributed by atoms with E-state index in [1.54, 1.807) is 34.6 Å². The summed E-state index contributed by atoms with van der Waals surface area (Å²) in [5.41, 5.74) is 1.59. The average Bonchev–Trinajstić information content (AvgIpc) is 3.07. The standard InChI is InChI=1S/C21H22Cl3NO6S/c1-6-29-20(27)13-9(3)18(21(28)30-7-2)32-19(13)25-12(26)8-31-17-15(23)10(4)14(22)11(5)16(17)24/h6-8H2,1-5H3,(H,25,26). The van der Waals surface area contributed by atoms with Gasteiger partial charge in [0.1, 0.15) is 9.88 Å².